The van der Waals surface area contributed by atoms with Crippen molar-refractivity contribution < 1.29 is 28.5 Å². The van der Waals surface area contributed by atoms with Gasteiger partial charge < -0.3 is 18.9 Å². The van der Waals surface area contributed by atoms with Crippen LogP contribution in [0, 0.1) is 29.6 Å². The van der Waals surface area contributed by atoms with Crippen molar-refractivity contribution in [2.75, 3.05) is 6.61 Å². The summed E-state index contributed by atoms with van der Waals surface area (Å²) in [5.41, 5.74) is 0.475. The van der Waals surface area contributed by atoms with Crippen molar-refractivity contribution in [1.29, 1.82) is 0 Å². The largest absolute Gasteiger partial charge is 0.462 e. The Morgan fingerprint density at radius 3 is 2.62 bits per heavy atom. The molecule has 4 aliphatic rings. The molecule has 2 bridgehead atoms. The molecule has 0 aromatic heterocycles. The van der Waals surface area contributed by atoms with Crippen LogP contribution in [0.5, 0.6) is 0 Å². The molecule has 0 radical (unpaired) electrons. The van der Waals surface area contributed by atoms with Crippen LogP contribution in [0.3, 0.4) is 0 Å². The Hall–Kier alpha value is -1.40. The molecule has 1 saturated carbocycles. The number of hydrogen-bond acceptors (Lipinski definition) is 6. The van der Waals surface area contributed by atoms with Crippen LogP contribution in [-0.2, 0) is 28.5 Å². The van der Waals surface area contributed by atoms with E-state index in [-0.39, 0.29) is 48.0 Å². The van der Waals surface area contributed by atoms with Crippen molar-refractivity contribution in [1.82, 2.24) is 0 Å². The monoisotopic (exact) mass is 448 g/mol. The Morgan fingerprint density at radius 1 is 1.19 bits per heavy atom. The van der Waals surface area contributed by atoms with Crippen LogP contribution in [0.15, 0.2) is 11.6 Å². The topological polar surface area (TPSA) is 71.1 Å². The number of ether oxygens (including phenoxy) is 4. The molecule has 32 heavy (non-hydrogen) atoms. The van der Waals surface area contributed by atoms with Crippen molar-refractivity contribution in [3.8, 4) is 0 Å². The second-order valence-electron chi connectivity index (χ2n) is 10.9. The highest BCUT2D eigenvalue weighted by molar-refractivity contribution is 5.69. The first-order chi connectivity index (χ1) is 15.2. The molecule has 0 aromatic rings. The van der Waals surface area contributed by atoms with E-state index < -0.39 is 11.7 Å². The maximum absolute atomic E-state index is 12.6. The lowest BCUT2D eigenvalue weighted by Gasteiger charge is -2.47. The lowest BCUT2D eigenvalue weighted by Crippen LogP contribution is -2.57. The van der Waals surface area contributed by atoms with E-state index in [0.717, 1.165) is 19.3 Å². The van der Waals surface area contributed by atoms with Gasteiger partial charge in [0.05, 0.1) is 18.8 Å². The molecule has 1 aliphatic carbocycles. The minimum Gasteiger partial charge on any atom is -0.462 e. The van der Waals surface area contributed by atoms with E-state index in [0.29, 0.717) is 31.3 Å². The number of carbonyl (C=O) groups excluding carboxylic acids is 2. The second-order valence-corrected chi connectivity index (χ2v) is 10.9. The molecule has 0 amide bonds. The molecule has 10 atom stereocenters. The van der Waals surface area contributed by atoms with Crippen LogP contribution in [0.25, 0.3) is 0 Å². The summed E-state index contributed by atoms with van der Waals surface area (Å²) in [5.74, 6) is 0.984. The molecule has 0 spiro atoms. The number of esters is 2. The Bertz CT molecular complexity index is 761. The van der Waals surface area contributed by atoms with Gasteiger partial charge in [0, 0.05) is 31.6 Å². The fraction of sp³-hybridized carbons (Fsp3) is 0.846. The van der Waals surface area contributed by atoms with Gasteiger partial charge in [0.15, 0.2) is 0 Å². The molecular weight excluding hydrogens is 408 g/mol. The highest BCUT2D eigenvalue weighted by Gasteiger charge is 2.65. The number of fused-ring (bicyclic) bond motifs is 2. The zero-order valence-electron chi connectivity index (χ0n) is 20.5. The standard InChI is InChI=1S/C26H40O6/c1-7-8-21(28)32-24-15(3)12-18-16(4)13-29-26(6)20(30-17(5)27)10-9-14(2)11-19-23(24)22(18)25(26)31-19/h9,15-16,18-20,22-25H,7-8,10-13H2,1-6H3/b14-9+/t15-,16+,18+,19+,20-,22+,23+,24-,25+,26+/m1/s1. The van der Waals surface area contributed by atoms with Crippen molar-refractivity contribution >= 4 is 11.9 Å². The first-order valence-corrected chi connectivity index (χ1v) is 12.5. The van der Waals surface area contributed by atoms with Crippen LogP contribution in [0.2, 0.25) is 0 Å². The van der Waals surface area contributed by atoms with E-state index in [9.17, 15) is 9.59 Å². The van der Waals surface area contributed by atoms with Gasteiger partial charge in [0.1, 0.15) is 17.8 Å². The van der Waals surface area contributed by atoms with Crippen molar-refractivity contribution in [3.05, 3.63) is 11.6 Å². The Balaban J connectivity index is 1.78. The predicted octanol–water partition coefficient (Wildman–Crippen LogP) is 4.45. The number of rotatable bonds is 4. The lowest BCUT2D eigenvalue weighted by molar-refractivity contribution is -0.200. The zero-order chi connectivity index (χ0) is 23.2. The minimum absolute atomic E-state index is 0.0322. The van der Waals surface area contributed by atoms with Gasteiger partial charge in [0.25, 0.3) is 0 Å². The summed E-state index contributed by atoms with van der Waals surface area (Å²) in [6.45, 7) is 12.7. The average molecular weight is 449 g/mol. The molecule has 0 N–H and O–H groups in total. The zero-order valence-corrected chi connectivity index (χ0v) is 20.5. The third-order valence-corrected chi connectivity index (χ3v) is 8.45. The van der Waals surface area contributed by atoms with Crippen molar-refractivity contribution in [2.45, 2.75) is 104 Å². The smallest absolute Gasteiger partial charge is 0.306 e. The summed E-state index contributed by atoms with van der Waals surface area (Å²) in [7, 11) is 0. The third kappa shape index (κ3) is 4.13. The third-order valence-electron chi connectivity index (χ3n) is 8.45. The van der Waals surface area contributed by atoms with Gasteiger partial charge in [-0.25, -0.2) is 0 Å². The Labute approximate surface area is 192 Å². The molecule has 2 saturated heterocycles. The molecule has 180 valence electrons. The van der Waals surface area contributed by atoms with Crippen LogP contribution in [0.4, 0.5) is 0 Å². The summed E-state index contributed by atoms with van der Waals surface area (Å²) in [6, 6.07) is 0. The summed E-state index contributed by atoms with van der Waals surface area (Å²) in [4.78, 5) is 24.6. The van der Waals surface area contributed by atoms with Crippen molar-refractivity contribution in [2.24, 2.45) is 29.6 Å². The van der Waals surface area contributed by atoms with Gasteiger partial charge >= 0.3 is 11.9 Å². The predicted molar refractivity (Wildman–Crippen MR) is 120 cm³/mol. The molecule has 3 fully saturated rings. The number of hydrogen-bond donors (Lipinski definition) is 0. The van der Waals surface area contributed by atoms with Gasteiger partial charge in [-0.15, -0.1) is 0 Å². The second kappa shape index (κ2) is 9.09. The highest BCUT2D eigenvalue weighted by atomic mass is 16.6. The molecule has 3 aliphatic heterocycles. The van der Waals surface area contributed by atoms with Crippen LogP contribution in [0.1, 0.15) is 73.6 Å². The molecule has 6 nitrogen and oxygen atoms in total. The van der Waals surface area contributed by atoms with E-state index in [1.165, 1.54) is 12.5 Å². The maximum Gasteiger partial charge on any atom is 0.306 e. The van der Waals surface area contributed by atoms with Gasteiger partial charge in [-0.3, -0.25) is 9.59 Å². The van der Waals surface area contributed by atoms with E-state index >= 15 is 0 Å². The minimum atomic E-state index is -0.744. The molecule has 4 rings (SSSR count). The van der Waals surface area contributed by atoms with E-state index in [1.807, 2.05) is 6.92 Å². The van der Waals surface area contributed by atoms with E-state index in [2.05, 4.69) is 33.8 Å². The first kappa shape index (κ1) is 23.7. The van der Waals surface area contributed by atoms with Crippen molar-refractivity contribution in [3.63, 3.8) is 0 Å². The molecule has 6 heteroatoms. The van der Waals surface area contributed by atoms with Crippen LogP contribution < -0.4 is 0 Å². The first-order valence-electron chi connectivity index (χ1n) is 12.5. The average Bonchev–Trinajstić information content (AvgIpc) is 3.07. The molecular formula is C26H40O6. The van der Waals surface area contributed by atoms with Gasteiger partial charge in [-0.2, -0.15) is 0 Å². The summed E-state index contributed by atoms with van der Waals surface area (Å²) in [6.07, 6.45) is 5.02. The van der Waals surface area contributed by atoms with E-state index in [1.54, 1.807) is 0 Å². The molecule has 0 unspecified atom stereocenters. The maximum atomic E-state index is 12.6. The Morgan fingerprint density at radius 2 is 1.94 bits per heavy atom. The van der Waals surface area contributed by atoms with E-state index in [4.69, 9.17) is 18.9 Å². The van der Waals surface area contributed by atoms with Crippen LogP contribution in [-0.4, -0.2) is 48.6 Å². The molecule has 3 heterocycles. The summed E-state index contributed by atoms with van der Waals surface area (Å²) >= 11 is 0. The lowest BCUT2D eigenvalue weighted by atomic mass is 9.59. The molecule has 0 aromatic carbocycles. The Kier molecular flexibility index (Phi) is 6.75. The fourth-order valence-corrected chi connectivity index (χ4v) is 6.88. The van der Waals surface area contributed by atoms with Gasteiger partial charge in [-0.1, -0.05) is 32.4 Å². The van der Waals surface area contributed by atoms with Gasteiger partial charge in [0.2, 0.25) is 0 Å². The normalized spacial score (nSPS) is 47.2. The quantitative estimate of drug-likeness (QED) is 0.467. The fourth-order valence-electron chi connectivity index (χ4n) is 6.88. The highest BCUT2D eigenvalue weighted by Crippen LogP contribution is 2.57. The summed E-state index contributed by atoms with van der Waals surface area (Å²) in [5, 5.41) is 0. The SMILES string of the molecule is CCCC(=O)O[C@H]1[C@@H]2[C@@H]3[C@@H](C[C@H]1C)[C@@H](C)CO[C@@]1(C)[C@H](OC(C)=O)C/C=C(\C)C[C@@H]2O[C@@H]31. The van der Waals surface area contributed by atoms with Crippen LogP contribution >= 0.6 is 0 Å². The summed E-state index contributed by atoms with van der Waals surface area (Å²) < 4.78 is 25.5. The van der Waals surface area contributed by atoms with Gasteiger partial charge in [-0.05, 0) is 50.9 Å². The number of carbonyl (C=O) groups is 2.